The minimum Gasteiger partial charge on any atom is -0.371 e. The molecule has 0 aromatic carbocycles. The van der Waals surface area contributed by atoms with Crippen LogP contribution in [0.5, 0.6) is 0 Å². The molecule has 2 heterocycles. The Morgan fingerprint density at radius 2 is 2.00 bits per heavy atom. The molecule has 6 nitrogen and oxygen atoms in total. The molecular formula is C15H23N3O3S. The van der Waals surface area contributed by atoms with E-state index in [2.05, 4.69) is 9.88 Å². The van der Waals surface area contributed by atoms with Gasteiger partial charge in [-0.25, -0.2) is 8.42 Å². The predicted octanol–water partition coefficient (Wildman–Crippen LogP) is 1.19. The van der Waals surface area contributed by atoms with Crippen LogP contribution in [-0.4, -0.2) is 61.9 Å². The van der Waals surface area contributed by atoms with Crippen molar-refractivity contribution in [3.63, 3.8) is 0 Å². The molecule has 1 fully saturated rings. The number of aromatic nitrogens is 1. The number of amides is 1. The summed E-state index contributed by atoms with van der Waals surface area (Å²) < 4.78 is 23.1. The van der Waals surface area contributed by atoms with E-state index < -0.39 is 9.84 Å². The molecule has 22 heavy (non-hydrogen) atoms. The van der Waals surface area contributed by atoms with Crippen LogP contribution >= 0.6 is 0 Å². The highest BCUT2D eigenvalue weighted by Crippen LogP contribution is 2.20. The van der Waals surface area contributed by atoms with Crippen molar-refractivity contribution in [2.45, 2.75) is 26.3 Å². The third kappa shape index (κ3) is 3.58. The van der Waals surface area contributed by atoms with E-state index in [-0.39, 0.29) is 23.5 Å². The Bertz CT molecular complexity index is 641. The summed E-state index contributed by atoms with van der Waals surface area (Å²) in [6, 6.07) is 1.58. The first-order valence-corrected chi connectivity index (χ1v) is 9.37. The van der Waals surface area contributed by atoms with Crippen molar-refractivity contribution in [1.82, 2.24) is 9.88 Å². The third-order valence-electron chi connectivity index (χ3n) is 4.18. The molecule has 122 valence electrons. The number of nitrogens with zero attached hydrogens (tertiary/aromatic N) is 3. The Hall–Kier alpha value is -1.63. The zero-order valence-electron chi connectivity index (χ0n) is 13.3. The molecule has 1 aliphatic heterocycles. The maximum Gasteiger partial charge on any atom is 0.255 e. The average Bonchev–Trinajstić information content (AvgIpc) is 2.87. The summed E-state index contributed by atoms with van der Waals surface area (Å²) in [6.45, 7) is 5.78. The molecule has 1 atom stereocenters. The molecule has 0 N–H and O–H groups in total. The lowest BCUT2D eigenvalue weighted by Crippen LogP contribution is -2.38. The minimum atomic E-state index is -3.00. The van der Waals surface area contributed by atoms with Crippen LogP contribution < -0.4 is 4.90 Å². The molecule has 0 bridgehead atoms. The fourth-order valence-electron chi connectivity index (χ4n) is 2.76. The Morgan fingerprint density at radius 1 is 1.32 bits per heavy atom. The van der Waals surface area contributed by atoms with Gasteiger partial charge < -0.3 is 9.80 Å². The van der Waals surface area contributed by atoms with Crippen LogP contribution in [0.2, 0.25) is 0 Å². The summed E-state index contributed by atoms with van der Waals surface area (Å²) in [5, 5.41) is 0. The topological polar surface area (TPSA) is 70.6 Å². The van der Waals surface area contributed by atoms with Crippen molar-refractivity contribution >= 4 is 21.4 Å². The summed E-state index contributed by atoms with van der Waals surface area (Å²) >= 11 is 0. The number of sulfone groups is 1. The summed E-state index contributed by atoms with van der Waals surface area (Å²) in [7, 11) is -1.34. The van der Waals surface area contributed by atoms with Crippen LogP contribution in [0.4, 0.5) is 5.69 Å². The summed E-state index contributed by atoms with van der Waals surface area (Å²) in [4.78, 5) is 20.4. The molecule has 0 radical (unpaired) electrons. The summed E-state index contributed by atoms with van der Waals surface area (Å²) in [6.07, 6.45) is 3.78. The van der Waals surface area contributed by atoms with E-state index >= 15 is 0 Å². The maximum absolute atomic E-state index is 12.6. The molecule has 1 aromatic heterocycles. The second-order valence-electron chi connectivity index (χ2n) is 5.58. The van der Waals surface area contributed by atoms with Gasteiger partial charge in [-0.15, -0.1) is 0 Å². The van der Waals surface area contributed by atoms with Crippen molar-refractivity contribution < 1.29 is 13.2 Å². The minimum absolute atomic E-state index is 0.0540. The van der Waals surface area contributed by atoms with E-state index in [0.29, 0.717) is 12.0 Å². The second-order valence-corrected chi connectivity index (χ2v) is 7.81. The molecule has 0 saturated carbocycles. The number of carbonyl (C=O) groups excluding carboxylic acids is 1. The lowest BCUT2D eigenvalue weighted by molar-refractivity contribution is 0.0747. The second kappa shape index (κ2) is 6.64. The first kappa shape index (κ1) is 16.7. The molecule has 0 spiro atoms. The van der Waals surface area contributed by atoms with Crippen LogP contribution in [0, 0.1) is 0 Å². The highest BCUT2D eigenvalue weighted by molar-refractivity contribution is 7.91. The SMILES string of the molecule is CCN(CC)c1cncc(C(=O)N(C)C2CCS(=O)(=O)C2)c1. The van der Waals surface area contributed by atoms with Gasteiger partial charge in [0.1, 0.15) is 0 Å². The van der Waals surface area contributed by atoms with Crippen molar-refractivity contribution in [2.75, 3.05) is 36.5 Å². The summed E-state index contributed by atoms with van der Waals surface area (Å²) in [5.41, 5.74) is 1.40. The standard InChI is InChI=1S/C15H23N3O3S/c1-4-18(5-2)14-8-12(9-16-10-14)15(19)17(3)13-6-7-22(20,21)11-13/h8-10,13H,4-7,11H2,1-3H3. The third-order valence-corrected chi connectivity index (χ3v) is 5.93. The number of hydrogen-bond acceptors (Lipinski definition) is 5. The van der Waals surface area contributed by atoms with Crippen LogP contribution in [0.1, 0.15) is 30.6 Å². The fraction of sp³-hybridized carbons (Fsp3) is 0.600. The average molecular weight is 325 g/mol. The van der Waals surface area contributed by atoms with E-state index in [1.807, 2.05) is 19.9 Å². The van der Waals surface area contributed by atoms with Crippen molar-refractivity contribution in [3.8, 4) is 0 Å². The number of anilines is 1. The summed E-state index contributed by atoms with van der Waals surface area (Å²) in [5.74, 6) is 0.0365. The maximum atomic E-state index is 12.6. The largest absolute Gasteiger partial charge is 0.371 e. The van der Waals surface area contributed by atoms with Crippen LogP contribution in [-0.2, 0) is 9.84 Å². The van der Waals surface area contributed by atoms with E-state index in [1.165, 1.54) is 11.1 Å². The molecule has 1 aliphatic rings. The molecule has 7 heteroatoms. The van der Waals surface area contributed by atoms with Gasteiger partial charge in [0.2, 0.25) is 0 Å². The first-order chi connectivity index (χ1) is 10.4. The Kier molecular flexibility index (Phi) is 5.05. The highest BCUT2D eigenvalue weighted by atomic mass is 32.2. The quantitative estimate of drug-likeness (QED) is 0.813. The number of pyridine rings is 1. The van der Waals surface area contributed by atoms with Gasteiger partial charge in [0.05, 0.1) is 29.0 Å². The van der Waals surface area contributed by atoms with E-state index in [1.54, 1.807) is 13.2 Å². The molecule has 1 amide bonds. The molecule has 0 aliphatic carbocycles. The molecule has 1 aromatic rings. The molecule has 1 saturated heterocycles. The zero-order chi connectivity index (χ0) is 16.3. The Labute approximate surface area is 132 Å². The number of rotatable bonds is 5. The van der Waals surface area contributed by atoms with E-state index in [0.717, 1.165) is 18.8 Å². The van der Waals surface area contributed by atoms with Gasteiger partial charge >= 0.3 is 0 Å². The Balaban J connectivity index is 2.17. The van der Waals surface area contributed by atoms with Gasteiger partial charge in [0.15, 0.2) is 9.84 Å². The monoisotopic (exact) mass is 325 g/mol. The fourth-order valence-corrected chi connectivity index (χ4v) is 4.53. The van der Waals surface area contributed by atoms with Crippen molar-refractivity contribution in [1.29, 1.82) is 0 Å². The van der Waals surface area contributed by atoms with Crippen molar-refractivity contribution in [2.24, 2.45) is 0 Å². The molecule has 2 rings (SSSR count). The van der Waals surface area contributed by atoms with Crippen molar-refractivity contribution in [3.05, 3.63) is 24.0 Å². The van der Waals surface area contributed by atoms with E-state index in [4.69, 9.17) is 0 Å². The Morgan fingerprint density at radius 3 is 2.55 bits per heavy atom. The van der Waals surface area contributed by atoms with Gasteiger partial charge in [-0.3, -0.25) is 9.78 Å². The van der Waals surface area contributed by atoms with Gasteiger partial charge in [-0.1, -0.05) is 0 Å². The predicted molar refractivity (Wildman–Crippen MR) is 87.0 cm³/mol. The van der Waals surface area contributed by atoms with Gasteiger partial charge in [-0.05, 0) is 26.3 Å². The van der Waals surface area contributed by atoms with Gasteiger partial charge in [-0.2, -0.15) is 0 Å². The van der Waals surface area contributed by atoms with Gasteiger partial charge in [0, 0.05) is 32.4 Å². The normalized spacial score (nSPS) is 19.9. The highest BCUT2D eigenvalue weighted by Gasteiger charge is 2.33. The van der Waals surface area contributed by atoms with Crippen LogP contribution in [0.25, 0.3) is 0 Å². The first-order valence-electron chi connectivity index (χ1n) is 7.55. The lowest BCUT2D eigenvalue weighted by Gasteiger charge is -2.25. The molecule has 1 unspecified atom stereocenters. The number of carbonyl (C=O) groups is 1. The van der Waals surface area contributed by atoms with Gasteiger partial charge in [0.25, 0.3) is 5.91 Å². The zero-order valence-corrected chi connectivity index (χ0v) is 14.1. The van der Waals surface area contributed by atoms with E-state index in [9.17, 15) is 13.2 Å². The lowest BCUT2D eigenvalue weighted by atomic mass is 10.1. The smallest absolute Gasteiger partial charge is 0.255 e. The number of hydrogen-bond donors (Lipinski definition) is 0. The molecular weight excluding hydrogens is 302 g/mol. The van der Waals surface area contributed by atoms with Crippen LogP contribution in [0.15, 0.2) is 18.5 Å². The van der Waals surface area contributed by atoms with Crippen LogP contribution in [0.3, 0.4) is 0 Å².